The van der Waals surface area contributed by atoms with Gasteiger partial charge in [0, 0.05) is 12.8 Å². The van der Waals surface area contributed by atoms with E-state index in [1.807, 2.05) is 0 Å². The van der Waals surface area contributed by atoms with Crippen LogP contribution in [0.1, 0.15) is 251 Å². The van der Waals surface area contributed by atoms with Crippen LogP contribution < -0.4 is 0 Å². The lowest BCUT2D eigenvalue weighted by Crippen LogP contribution is -2.28. The van der Waals surface area contributed by atoms with Crippen LogP contribution in [0.15, 0.2) is 97.2 Å². The number of unbranched alkanes of at least 4 members (excludes halogenated alkanes) is 25. The van der Waals surface area contributed by atoms with Gasteiger partial charge in [-0.25, -0.2) is 0 Å². The Morgan fingerprint density at radius 3 is 1.02 bits per heavy atom. The molecular formula is C60H102O5. The summed E-state index contributed by atoms with van der Waals surface area (Å²) in [4.78, 5) is 24.5. The molecule has 0 rings (SSSR count). The van der Waals surface area contributed by atoms with Crippen LogP contribution >= 0.6 is 0 Å². The van der Waals surface area contributed by atoms with Gasteiger partial charge in [-0.1, -0.05) is 239 Å². The average molecular weight is 903 g/mol. The van der Waals surface area contributed by atoms with Crippen molar-refractivity contribution in [3.8, 4) is 0 Å². The lowest BCUT2D eigenvalue weighted by atomic mass is 10.0. The van der Waals surface area contributed by atoms with Crippen LogP contribution in [-0.2, 0) is 19.1 Å². The highest BCUT2D eigenvalue weighted by Gasteiger charge is 2.16. The molecule has 0 bridgehead atoms. The van der Waals surface area contributed by atoms with E-state index < -0.39 is 6.10 Å². The summed E-state index contributed by atoms with van der Waals surface area (Å²) < 4.78 is 10.7. The first-order valence-corrected chi connectivity index (χ1v) is 27.3. The van der Waals surface area contributed by atoms with Crippen molar-refractivity contribution in [1.29, 1.82) is 0 Å². The van der Waals surface area contributed by atoms with Gasteiger partial charge >= 0.3 is 11.9 Å². The van der Waals surface area contributed by atoms with E-state index in [4.69, 9.17) is 9.47 Å². The number of carbonyl (C=O) groups is 2. The predicted molar refractivity (Wildman–Crippen MR) is 283 cm³/mol. The average Bonchev–Trinajstić information content (AvgIpc) is 3.31. The molecule has 1 atom stereocenters. The fourth-order valence-corrected chi connectivity index (χ4v) is 7.53. The second-order valence-corrected chi connectivity index (χ2v) is 17.9. The van der Waals surface area contributed by atoms with E-state index in [0.29, 0.717) is 12.8 Å². The lowest BCUT2D eigenvalue weighted by molar-refractivity contribution is -0.161. The molecule has 0 heterocycles. The molecule has 0 aliphatic heterocycles. The van der Waals surface area contributed by atoms with Gasteiger partial charge < -0.3 is 14.6 Å². The highest BCUT2D eigenvalue weighted by molar-refractivity contribution is 5.70. The van der Waals surface area contributed by atoms with Gasteiger partial charge in [0.25, 0.3) is 0 Å². The van der Waals surface area contributed by atoms with Crippen LogP contribution in [-0.4, -0.2) is 36.4 Å². The molecule has 0 aromatic heterocycles. The number of esters is 2. The van der Waals surface area contributed by atoms with E-state index in [9.17, 15) is 14.7 Å². The van der Waals surface area contributed by atoms with Gasteiger partial charge in [-0.3, -0.25) is 9.59 Å². The van der Waals surface area contributed by atoms with E-state index in [1.54, 1.807) is 0 Å². The summed E-state index contributed by atoms with van der Waals surface area (Å²) in [5, 5.41) is 9.63. The molecule has 0 aliphatic rings. The van der Waals surface area contributed by atoms with Crippen molar-refractivity contribution >= 4 is 11.9 Å². The van der Waals surface area contributed by atoms with Gasteiger partial charge in [0.1, 0.15) is 6.61 Å². The molecule has 0 aliphatic carbocycles. The molecule has 0 aromatic carbocycles. The molecule has 1 unspecified atom stereocenters. The van der Waals surface area contributed by atoms with Crippen molar-refractivity contribution in [3.05, 3.63) is 97.2 Å². The Labute approximate surface area is 402 Å². The number of rotatable bonds is 49. The summed E-state index contributed by atoms with van der Waals surface area (Å²) in [6, 6.07) is 0. The van der Waals surface area contributed by atoms with Gasteiger partial charge in [0.05, 0.1) is 6.61 Å². The van der Waals surface area contributed by atoms with Crippen LogP contribution in [0, 0.1) is 0 Å². The fourth-order valence-electron chi connectivity index (χ4n) is 7.53. The number of aliphatic hydroxyl groups is 1. The second-order valence-electron chi connectivity index (χ2n) is 17.9. The zero-order valence-corrected chi connectivity index (χ0v) is 42.5. The van der Waals surface area contributed by atoms with Gasteiger partial charge in [-0.15, -0.1) is 0 Å². The van der Waals surface area contributed by atoms with E-state index in [2.05, 4.69) is 111 Å². The minimum absolute atomic E-state index is 0.0727. The standard InChI is InChI=1S/C60H102O5/c1-3-5-7-9-11-13-15-17-19-21-22-23-24-25-26-27-28-29-30-31-32-33-34-35-36-37-38-39-41-43-45-47-49-51-53-55-60(63)65-58(56-61)57-64-59(62)54-52-50-48-46-44-42-40-20-18-16-14-12-10-8-6-4-2/h5,7,11,13,17,19-20,22-23,25-26,28-29,31-32,40,58,61H,3-4,6,8-10,12,14-16,18,21,24,27,30,33-39,41-57H2,1-2H3/b7-5-,13-11-,19-17-,23-22-,26-25-,29-28-,32-31-,40-20-. The van der Waals surface area contributed by atoms with Crippen LogP contribution in [0.5, 0.6) is 0 Å². The van der Waals surface area contributed by atoms with Gasteiger partial charge in [0.15, 0.2) is 6.10 Å². The third-order valence-electron chi connectivity index (χ3n) is 11.6. The zero-order chi connectivity index (χ0) is 47.0. The van der Waals surface area contributed by atoms with Crippen LogP contribution in [0.4, 0.5) is 0 Å². The fraction of sp³-hybridized carbons (Fsp3) is 0.700. The summed E-state index contributed by atoms with van der Waals surface area (Å²) in [6.45, 7) is 4.02. The van der Waals surface area contributed by atoms with Crippen molar-refractivity contribution in [2.75, 3.05) is 13.2 Å². The summed E-state index contributed by atoms with van der Waals surface area (Å²) >= 11 is 0. The number of ether oxygens (including phenoxy) is 2. The van der Waals surface area contributed by atoms with Crippen molar-refractivity contribution in [3.63, 3.8) is 0 Å². The number of aliphatic hydroxyl groups excluding tert-OH is 1. The minimum Gasteiger partial charge on any atom is -0.462 e. The van der Waals surface area contributed by atoms with Crippen molar-refractivity contribution in [2.24, 2.45) is 0 Å². The van der Waals surface area contributed by atoms with Crippen LogP contribution in [0.25, 0.3) is 0 Å². The Morgan fingerprint density at radius 2 is 0.662 bits per heavy atom. The smallest absolute Gasteiger partial charge is 0.306 e. The molecule has 0 fully saturated rings. The van der Waals surface area contributed by atoms with Gasteiger partial charge in [-0.05, 0) is 96.3 Å². The Bertz CT molecular complexity index is 1250. The summed E-state index contributed by atoms with van der Waals surface area (Å²) in [6.07, 6.45) is 78.0. The quantitative estimate of drug-likeness (QED) is 0.0374. The molecule has 372 valence electrons. The molecule has 0 amide bonds. The number of carbonyl (C=O) groups excluding carboxylic acids is 2. The maximum absolute atomic E-state index is 12.3. The maximum Gasteiger partial charge on any atom is 0.306 e. The lowest BCUT2D eigenvalue weighted by Gasteiger charge is -2.15. The monoisotopic (exact) mass is 903 g/mol. The normalized spacial score (nSPS) is 13.0. The van der Waals surface area contributed by atoms with E-state index in [-0.39, 0.29) is 25.2 Å². The molecule has 0 aromatic rings. The van der Waals surface area contributed by atoms with Gasteiger partial charge in [0.2, 0.25) is 0 Å². The molecular weight excluding hydrogens is 801 g/mol. The third-order valence-corrected chi connectivity index (χ3v) is 11.6. The molecule has 0 saturated heterocycles. The Balaban J connectivity index is 3.53. The first-order valence-electron chi connectivity index (χ1n) is 27.3. The first-order chi connectivity index (χ1) is 32.1. The van der Waals surface area contributed by atoms with E-state index >= 15 is 0 Å². The van der Waals surface area contributed by atoms with Crippen molar-refractivity contribution in [2.45, 2.75) is 258 Å². The van der Waals surface area contributed by atoms with E-state index in [1.165, 1.54) is 135 Å². The highest BCUT2D eigenvalue weighted by atomic mass is 16.6. The van der Waals surface area contributed by atoms with Gasteiger partial charge in [-0.2, -0.15) is 0 Å². The second kappa shape index (κ2) is 55.1. The van der Waals surface area contributed by atoms with Crippen LogP contribution in [0.2, 0.25) is 0 Å². The minimum atomic E-state index is -0.780. The summed E-state index contributed by atoms with van der Waals surface area (Å²) in [7, 11) is 0. The Morgan fingerprint density at radius 1 is 0.369 bits per heavy atom. The predicted octanol–water partition coefficient (Wildman–Crippen LogP) is 18.4. The molecule has 65 heavy (non-hydrogen) atoms. The summed E-state index contributed by atoms with van der Waals surface area (Å²) in [5.41, 5.74) is 0. The molecule has 5 heteroatoms. The number of allylic oxidation sites excluding steroid dienone is 16. The number of hydrogen-bond donors (Lipinski definition) is 1. The Hall–Kier alpha value is -3.18. The van der Waals surface area contributed by atoms with Crippen LogP contribution in [0.3, 0.4) is 0 Å². The number of hydrogen-bond acceptors (Lipinski definition) is 5. The molecule has 5 nitrogen and oxygen atoms in total. The van der Waals surface area contributed by atoms with Crippen molar-refractivity contribution < 1.29 is 24.2 Å². The molecule has 1 N–H and O–H groups in total. The third kappa shape index (κ3) is 53.3. The van der Waals surface area contributed by atoms with E-state index in [0.717, 1.165) is 89.9 Å². The maximum atomic E-state index is 12.3. The topological polar surface area (TPSA) is 72.8 Å². The molecule has 0 spiro atoms. The molecule has 0 radical (unpaired) electrons. The first kappa shape index (κ1) is 61.8. The largest absolute Gasteiger partial charge is 0.462 e. The SMILES string of the molecule is CC/C=C\C/C=C\C/C=C\C/C=C\C/C=C\C/C=C\C/C=C\CCCCCCCCCCCCCCCC(=O)OC(CO)COC(=O)CCCCCCC/C=C\CCCCCCCCC. The summed E-state index contributed by atoms with van der Waals surface area (Å²) in [5.74, 6) is -0.600. The van der Waals surface area contributed by atoms with Crippen molar-refractivity contribution in [1.82, 2.24) is 0 Å². The highest BCUT2D eigenvalue weighted by Crippen LogP contribution is 2.15. The zero-order valence-electron chi connectivity index (χ0n) is 42.5. The molecule has 0 saturated carbocycles. The Kier molecular flexibility index (Phi) is 52.5.